The van der Waals surface area contributed by atoms with Gasteiger partial charge in [0.1, 0.15) is 0 Å². The van der Waals surface area contributed by atoms with Crippen LogP contribution < -0.4 is 4.90 Å². The van der Waals surface area contributed by atoms with Crippen LogP contribution in [0.4, 0.5) is 5.69 Å². The number of benzene rings is 3. The fourth-order valence-electron chi connectivity index (χ4n) is 5.22. The van der Waals surface area contributed by atoms with E-state index in [4.69, 9.17) is 4.74 Å². The number of nitrogens with zero attached hydrogens (tertiary/aromatic N) is 1. The topological polar surface area (TPSA) is 46.6 Å². The van der Waals surface area contributed by atoms with E-state index in [0.717, 1.165) is 23.2 Å². The van der Waals surface area contributed by atoms with Gasteiger partial charge in [-0.1, -0.05) is 54.1 Å². The first-order chi connectivity index (χ1) is 15.1. The number of esters is 1. The minimum Gasteiger partial charge on any atom is -0.465 e. The molecule has 1 aliphatic heterocycles. The molecular formula is C27H25NO3. The number of ether oxygens (including phenoxy) is 1. The second kappa shape index (κ2) is 7.69. The van der Waals surface area contributed by atoms with Crippen molar-refractivity contribution in [3.05, 3.63) is 101 Å². The molecular weight excluding hydrogens is 386 g/mol. The predicted octanol–water partition coefficient (Wildman–Crippen LogP) is 4.75. The lowest BCUT2D eigenvalue weighted by Gasteiger charge is -2.34. The number of methoxy groups -OCH3 is 1. The number of fused-ring (bicyclic) bond motifs is 2. The van der Waals surface area contributed by atoms with Crippen molar-refractivity contribution in [2.24, 2.45) is 11.8 Å². The molecule has 5 rings (SSSR count). The van der Waals surface area contributed by atoms with Crippen LogP contribution in [0.5, 0.6) is 0 Å². The molecule has 0 saturated carbocycles. The van der Waals surface area contributed by atoms with Crippen molar-refractivity contribution in [3.8, 4) is 0 Å². The fourth-order valence-corrected chi connectivity index (χ4v) is 5.22. The highest BCUT2D eigenvalue weighted by Gasteiger charge is 2.49. The van der Waals surface area contributed by atoms with E-state index in [1.807, 2.05) is 53.4 Å². The van der Waals surface area contributed by atoms with Gasteiger partial charge in [0.25, 0.3) is 0 Å². The van der Waals surface area contributed by atoms with Crippen molar-refractivity contribution in [1.29, 1.82) is 0 Å². The highest BCUT2D eigenvalue weighted by molar-refractivity contribution is 5.99. The molecule has 4 heteroatoms. The van der Waals surface area contributed by atoms with Gasteiger partial charge in [-0.15, -0.1) is 0 Å². The Morgan fingerprint density at radius 2 is 1.74 bits per heavy atom. The summed E-state index contributed by atoms with van der Waals surface area (Å²) in [5.74, 6) is -0.185. The molecule has 3 unspecified atom stereocenters. The second-order valence-electron chi connectivity index (χ2n) is 8.57. The van der Waals surface area contributed by atoms with E-state index >= 15 is 0 Å². The Kier molecular flexibility index (Phi) is 4.85. The number of amides is 1. The van der Waals surface area contributed by atoms with E-state index in [1.165, 1.54) is 18.2 Å². The zero-order chi connectivity index (χ0) is 21.5. The summed E-state index contributed by atoms with van der Waals surface area (Å²) in [6.45, 7) is 2.77. The summed E-state index contributed by atoms with van der Waals surface area (Å²) in [6, 6.07) is 24.2. The van der Waals surface area contributed by atoms with Gasteiger partial charge in [0.2, 0.25) is 5.91 Å². The molecule has 0 radical (unpaired) electrons. The van der Waals surface area contributed by atoms with Crippen LogP contribution in [-0.2, 0) is 16.0 Å². The molecule has 1 heterocycles. The van der Waals surface area contributed by atoms with Gasteiger partial charge in [0.15, 0.2) is 0 Å². The third-order valence-corrected chi connectivity index (χ3v) is 6.72. The Balaban J connectivity index is 1.61. The van der Waals surface area contributed by atoms with Crippen molar-refractivity contribution in [1.82, 2.24) is 0 Å². The van der Waals surface area contributed by atoms with Gasteiger partial charge in [0.05, 0.1) is 18.6 Å². The highest BCUT2D eigenvalue weighted by Crippen LogP contribution is 2.48. The van der Waals surface area contributed by atoms with Gasteiger partial charge in [-0.05, 0) is 60.2 Å². The molecule has 1 aliphatic carbocycles. The molecule has 0 N–H and O–H groups in total. The van der Waals surface area contributed by atoms with Crippen molar-refractivity contribution < 1.29 is 14.3 Å². The van der Waals surface area contributed by atoms with E-state index in [9.17, 15) is 9.59 Å². The van der Waals surface area contributed by atoms with Crippen molar-refractivity contribution in [3.63, 3.8) is 0 Å². The van der Waals surface area contributed by atoms with Crippen LogP contribution in [0.25, 0.3) is 0 Å². The van der Waals surface area contributed by atoms with E-state index in [0.29, 0.717) is 12.1 Å². The molecule has 0 spiro atoms. The van der Waals surface area contributed by atoms with Crippen LogP contribution in [0.1, 0.15) is 38.5 Å². The average molecular weight is 412 g/mol. The minimum atomic E-state index is -0.351. The summed E-state index contributed by atoms with van der Waals surface area (Å²) in [6.07, 6.45) is 0.832. The number of anilines is 1. The first-order valence-corrected chi connectivity index (χ1v) is 10.7. The Hall–Kier alpha value is -3.40. The lowest BCUT2D eigenvalue weighted by Crippen LogP contribution is -2.33. The molecule has 31 heavy (non-hydrogen) atoms. The molecule has 0 aromatic heterocycles. The third kappa shape index (κ3) is 3.32. The van der Waals surface area contributed by atoms with Crippen LogP contribution in [0.2, 0.25) is 0 Å². The maximum absolute atomic E-state index is 13.7. The SMILES string of the molecule is COC(=O)c1ccc2c(c1)C(c1ccccc1)C1C(=O)N(c3ccc(C)cc3)CC1C2. The van der Waals surface area contributed by atoms with Crippen molar-refractivity contribution >= 4 is 17.6 Å². The molecule has 1 saturated heterocycles. The molecule has 4 nitrogen and oxygen atoms in total. The number of hydrogen-bond donors (Lipinski definition) is 0. The quantitative estimate of drug-likeness (QED) is 0.585. The predicted molar refractivity (Wildman–Crippen MR) is 120 cm³/mol. The van der Waals surface area contributed by atoms with E-state index in [1.54, 1.807) is 0 Å². The largest absolute Gasteiger partial charge is 0.465 e. The lowest BCUT2D eigenvalue weighted by atomic mass is 9.67. The third-order valence-electron chi connectivity index (χ3n) is 6.72. The number of aryl methyl sites for hydroxylation is 1. The molecule has 1 fully saturated rings. The van der Waals surface area contributed by atoms with Crippen LogP contribution >= 0.6 is 0 Å². The molecule has 3 aromatic carbocycles. The van der Waals surface area contributed by atoms with Crippen LogP contribution in [0, 0.1) is 18.8 Å². The molecule has 1 amide bonds. The normalized spacial score (nSPS) is 22.1. The number of rotatable bonds is 3. The van der Waals surface area contributed by atoms with Crippen molar-refractivity contribution in [2.75, 3.05) is 18.6 Å². The van der Waals surface area contributed by atoms with Gasteiger partial charge in [-0.3, -0.25) is 4.79 Å². The van der Waals surface area contributed by atoms with Gasteiger partial charge in [0, 0.05) is 18.2 Å². The number of carbonyl (C=O) groups excluding carboxylic acids is 2. The number of hydrogen-bond acceptors (Lipinski definition) is 3. The summed E-state index contributed by atoms with van der Waals surface area (Å²) in [5, 5.41) is 0. The average Bonchev–Trinajstić information content (AvgIpc) is 3.13. The zero-order valence-corrected chi connectivity index (χ0v) is 17.7. The van der Waals surface area contributed by atoms with E-state index in [-0.39, 0.29) is 29.6 Å². The van der Waals surface area contributed by atoms with E-state index < -0.39 is 0 Å². The first kappa shape index (κ1) is 19.6. The highest BCUT2D eigenvalue weighted by atomic mass is 16.5. The Morgan fingerprint density at radius 3 is 2.45 bits per heavy atom. The summed E-state index contributed by atoms with van der Waals surface area (Å²) in [5.41, 5.74) is 6.05. The Morgan fingerprint density at radius 1 is 1.00 bits per heavy atom. The molecule has 0 bridgehead atoms. The van der Waals surface area contributed by atoms with Gasteiger partial charge < -0.3 is 9.64 Å². The van der Waals surface area contributed by atoms with Gasteiger partial charge in [-0.25, -0.2) is 4.79 Å². The Bertz CT molecular complexity index is 1140. The summed E-state index contributed by atoms with van der Waals surface area (Å²) >= 11 is 0. The smallest absolute Gasteiger partial charge is 0.337 e. The van der Waals surface area contributed by atoms with Crippen LogP contribution in [-0.4, -0.2) is 25.5 Å². The van der Waals surface area contributed by atoms with Crippen LogP contribution in [0.15, 0.2) is 72.8 Å². The van der Waals surface area contributed by atoms with Crippen molar-refractivity contribution in [2.45, 2.75) is 19.3 Å². The van der Waals surface area contributed by atoms with E-state index in [2.05, 4.69) is 31.2 Å². The summed E-state index contributed by atoms with van der Waals surface area (Å²) < 4.78 is 4.95. The summed E-state index contributed by atoms with van der Waals surface area (Å²) in [4.78, 5) is 27.9. The maximum Gasteiger partial charge on any atom is 0.337 e. The Labute approximate surface area is 182 Å². The first-order valence-electron chi connectivity index (χ1n) is 10.7. The van der Waals surface area contributed by atoms with Crippen LogP contribution in [0.3, 0.4) is 0 Å². The standard InChI is InChI=1S/C27H25NO3/c1-17-8-12-22(13-9-17)28-16-21-14-19-10-11-20(27(30)31-2)15-23(19)24(25(21)26(28)29)18-6-4-3-5-7-18/h3-13,15,21,24-25H,14,16H2,1-2H3. The zero-order valence-electron chi connectivity index (χ0n) is 17.7. The van der Waals surface area contributed by atoms with Gasteiger partial charge in [-0.2, -0.15) is 0 Å². The minimum absolute atomic E-state index is 0.0810. The summed E-state index contributed by atoms with van der Waals surface area (Å²) in [7, 11) is 1.40. The molecule has 3 atom stereocenters. The monoisotopic (exact) mass is 411 g/mol. The van der Waals surface area contributed by atoms with Gasteiger partial charge >= 0.3 is 5.97 Å². The molecule has 156 valence electrons. The maximum atomic E-state index is 13.7. The molecule has 2 aliphatic rings. The lowest BCUT2D eigenvalue weighted by molar-refractivity contribution is -0.121. The fraction of sp³-hybridized carbons (Fsp3) is 0.259. The molecule has 3 aromatic rings. The number of carbonyl (C=O) groups is 2. The second-order valence-corrected chi connectivity index (χ2v) is 8.57.